The Labute approximate surface area is 313 Å². The molecule has 0 saturated carbocycles. The van der Waals surface area contributed by atoms with Crippen molar-refractivity contribution in [1.82, 2.24) is 0 Å². The topological polar surface area (TPSA) is 36.8 Å². The predicted octanol–water partition coefficient (Wildman–Crippen LogP) is 11.9. The van der Waals surface area contributed by atoms with Crippen molar-refractivity contribution < 1.29 is 34.2 Å². The maximum absolute atomic E-state index is 14.7. The summed E-state index contributed by atoms with van der Waals surface area (Å²) in [4.78, 5) is 7.83. The van der Waals surface area contributed by atoms with Crippen LogP contribution in [0.4, 0.5) is 58.7 Å². The van der Waals surface area contributed by atoms with Crippen molar-refractivity contribution >= 4 is 45.5 Å². The van der Waals surface area contributed by atoms with Crippen molar-refractivity contribution in [3.63, 3.8) is 0 Å². The number of alkyl halides is 3. The molecule has 0 spiro atoms. The number of benzene rings is 5. The first-order valence-corrected chi connectivity index (χ1v) is 16.3. The average Bonchev–Trinajstić information content (AvgIpc) is 3.60. The quantitative estimate of drug-likeness (QED) is 0.168. The molecule has 262 valence electrons. The molecule has 2 aliphatic heterocycles. The van der Waals surface area contributed by atoms with Crippen LogP contribution in [0.5, 0.6) is 0 Å². The second-order valence-corrected chi connectivity index (χ2v) is 13.3. The number of hydrogen-bond donors (Lipinski definition) is 0. The minimum absolute atomic E-state index is 0. The molecule has 0 unspecified atom stereocenters. The molecule has 0 fully saturated rings. The Morgan fingerprint density at radius 3 is 1.29 bits per heavy atom. The summed E-state index contributed by atoms with van der Waals surface area (Å²) in [6, 6.07) is 26.3. The fourth-order valence-electron chi connectivity index (χ4n) is 7.33. The molecule has 51 heavy (non-hydrogen) atoms. The summed E-state index contributed by atoms with van der Waals surface area (Å²) in [6.07, 6.45) is -4.57. The monoisotopic (exact) mass is 864 g/mol. The van der Waals surface area contributed by atoms with Gasteiger partial charge in [0.05, 0.1) is 0 Å². The fraction of sp³-hybridized carbons (Fsp3) is 0.214. The molecule has 0 aromatic heterocycles. The molecule has 9 heteroatoms. The number of anilines is 8. The van der Waals surface area contributed by atoms with E-state index in [4.69, 9.17) is 11.8 Å². The summed E-state index contributed by atoms with van der Waals surface area (Å²) in [7, 11) is 0. The van der Waals surface area contributed by atoms with Crippen molar-refractivity contribution in [3.8, 4) is 0 Å². The molecule has 0 aliphatic carbocycles. The van der Waals surface area contributed by atoms with Crippen LogP contribution in [0.1, 0.15) is 50.1 Å². The zero-order valence-corrected chi connectivity index (χ0v) is 32.0. The molecule has 5 aromatic carbocycles. The van der Waals surface area contributed by atoms with Crippen LogP contribution in [-0.2, 0) is 27.2 Å². The molecule has 0 amide bonds. The first kappa shape index (κ1) is 37.5. The number of aryl methyl sites for hydroxylation is 8. The third-order valence-electron chi connectivity index (χ3n) is 9.41. The zero-order valence-electron chi connectivity index (χ0n) is 29.8. The predicted molar refractivity (Wildman–Crippen MR) is 196 cm³/mol. The van der Waals surface area contributed by atoms with Gasteiger partial charge in [-0.1, -0.05) is 53.1 Å². The molecule has 5 aromatic rings. The average molecular weight is 865 g/mol. The first-order valence-electron chi connectivity index (χ1n) is 16.3. The Kier molecular flexibility index (Phi) is 10.4. The Morgan fingerprint density at radius 2 is 0.882 bits per heavy atom. The molecule has 0 radical (unpaired) electrons. The molecule has 2 heterocycles. The van der Waals surface area contributed by atoms with Crippen molar-refractivity contribution in [3.05, 3.63) is 149 Å². The third-order valence-corrected chi connectivity index (χ3v) is 9.41. The van der Waals surface area contributed by atoms with Crippen LogP contribution >= 0.6 is 0 Å². The van der Waals surface area contributed by atoms with E-state index in [2.05, 4.69) is 101 Å². The van der Waals surface area contributed by atoms with E-state index in [1.807, 2.05) is 54.3 Å². The first-order chi connectivity index (χ1) is 23.7. The Bertz CT molecular complexity index is 2110. The fourth-order valence-corrected chi connectivity index (χ4v) is 7.33. The zero-order chi connectivity index (χ0) is 36.2. The molecule has 5 nitrogen and oxygen atoms in total. The standard InChI is InChI=1S/C41H38F3N4.CN.Pt/c1-24-13-28(5)39(29(6)14-24)47-22-45(35-11-9-10-12-36(35)47)33-19-32(41(42,43)44)20-34(21-33)46-23-48(38-18-27(4)26(3)17-37(38)46)40-30(7)15-25(2)16-31(40)8;1-2;/h9-20,22-23H,1-8H3;;/q-3;-1;+4. The van der Waals surface area contributed by atoms with Crippen LogP contribution in [0.15, 0.2) is 72.8 Å². The van der Waals surface area contributed by atoms with Gasteiger partial charge in [0.1, 0.15) is 0 Å². The number of hydrogen-bond acceptors (Lipinski definition) is 5. The van der Waals surface area contributed by atoms with E-state index >= 15 is 0 Å². The van der Waals surface area contributed by atoms with E-state index in [0.29, 0.717) is 11.4 Å². The van der Waals surface area contributed by atoms with Gasteiger partial charge in [0.25, 0.3) is 0 Å². The van der Waals surface area contributed by atoms with Crippen LogP contribution < -0.4 is 19.6 Å². The maximum atomic E-state index is 14.7. The molecular weight excluding hydrogens is 827 g/mol. The van der Waals surface area contributed by atoms with Gasteiger partial charge in [-0.2, -0.15) is 13.2 Å². The minimum atomic E-state index is -4.57. The van der Waals surface area contributed by atoms with Crippen molar-refractivity contribution in [1.29, 1.82) is 5.26 Å². The van der Waals surface area contributed by atoms with Gasteiger partial charge in [-0.15, -0.1) is 42.9 Å². The normalized spacial score (nSPS) is 13.4. The molecule has 0 saturated heterocycles. The van der Waals surface area contributed by atoms with Gasteiger partial charge in [-0.25, -0.2) is 0 Å². The van der Waals surface area contributed by atoms with Gasteiger partial charge in [0.15, 0.2) is 0 Å². The summed E-state index contributed by atoms with van der Waals surface area (Å²) >= 11 is 0. The summed E-state index contributed by atoms with van der Waals surface area (Å²) in [5.41, 5.74) is 14.1. The van der Waals surface area contributed by atoms with Crippen molar-refractivity contribution in [2.45, 2.75) is 61.6 Å². The number of nitrogens with zero attached hydrogens (tertiary/aromatic N) is 5. The van der Waals surface area contributed by atoms with Gasteiger partial charge in [-0.05, 0) is 113 Å². The summed E-state index contributed by atoms with van der Waals surface area (Å²) in [6.45, 7) is 25.0. The van der Waals surface area contributed by atoms with E-state index in [0.717, 1.165) is 78.6 Å². The third kappa shape index (κ3) is 6.72. The number of para-hydroxylation sites is 2. The summed E-state index contributed by atoms with van der Waals surface area (Å²) in [5, 5.41) is 6.25. The van der Waals surface area contributed by atoms with E-state index in [1.54, 1.807) is 0 Å². The van der Waals surface area contributed by atoms with Crippen LogP contribution in [0, 0.1) is 86.6 Å². The van der Waals surface area contributed by atoms with E-state index < -0.39 is 11.7 Å². The van der Waals surface area contributed by atoms with Gasteiger partial charge < -0.3 is 31.4 Å². The van der Waals surface area contributed by atoms with E-state index in [-0.39, 0.29) is 21.1 Å². The Balaban J connectivity index is 0.00000165. The summed E-state index contributed by atoms with van der Waals surface area (Å²) < 4.78 is 44.1. The van der Waals surface area contributed by atoms with Crippen LogP contribution in [0.3, 0.4) is 0 Å². The molecular formula is C42H38F3N5Pt. The number of halogens is 3. The Hall–Kier alpha value is -4.73. The Morgan fingerprint density at radius 1 is 0.529 bits per heavy atom. The molecule has 2 aliphatic rings. The molecule has 0 N–H and O–H groups in total. The maximum Gasteiger partial charge on any atom is 4.00 e. The minimum Gasteiger partial charge on any atom is -0.512 e. The second-order valence-electron chi connectivity index (χ2n) is 13.3. The van der Waals surface area contributed by atoms with Crippen LogP contribution in [0.2, 0.25) is 0 Å². The van der Waals surface area contributed by atoms with Gasteiger partial charge in [-0.3, -0.25) is 0 Å². The largest absolute Gasteiger partial charge is 4.00 e. The smallest absolute Gasteiger partial charge is 0.512 e. The van der Waals surface area contributed by atoms with Crippen LogP contribution in [-0.4, -0.2) is 0 Å². The molecule has 7 rings (SSSR count). The molecule has 0 atom stereocenters. The SMILES string of the molecule is Cc1cc(C)c(N2[CH-]N(c3[c-]c(N4[CH-]N(c5c(C)cc(C)cc5C)c5cc(C)c(C)cc54)cc(C(F)(F)F)c3)c3ccccc32)c(C)c1.[C-]#N.[Pt+4]. The van der Waals surface area contributed by atoms with E-state index in [1.165, 1.54) is 12.1 Å². The van der Waals surface area contributed by atoms with E-state index in [9.17, 15) is 13.2 Å². The number of rotatable bonds is 4. The van der Waals surface area contributed by atoms with Crippen LogP contribution in [0.25, 0.3) is 0 Å². The van der Waals surface area contributed by atoms with Gasteiger partial charge >= 0.3 is 27.2 Å². The second kappa shape index (κ2) is 14.1. The van der Waals surface area contributed by atoms with Gasteiger partial charge in [0, 0.05) is 34.1 Å². The van der Waals surface area contributed by atoms with Gasteiger partial charge in [0.2, 0.25) is 0 Å². The summed E-state index contributed by atoms with van der Waals surface area (Å²) in [5.74, 6) is 0. The molecule has 0 bridgehead atoms. The van der Waals surface area contributed by atoms with Crippen molar-refractivity contribution in [2.75, 3.05) is 19.6 Å². The number of fused-ring (bicyclic) bond motifs is 2. The van der Waals surface area contributed by atoms with Crippen molar-refractivity contribution in [2.24, 2.45) is 0 Å².